The highest BCUT2D eigenvalue weighted by Gasteiger charge is 2.01. The minimum Gasteiger partial charge on any atom is -0.466 e. The number of rotatable bonds is 7. The van der Waals surface area contributed by atoms with E-state index in [9.17, 15) is 9.59 Å². The average Bonchev–Trinajstić information content (AvgIpc) is 2.18. The van der Waals surface area contributed by atoms with Crippen LogP contribution in [0, 0.1) is 0 Å². The van der Waals surface area contributed by atoms with Gasteiger partial charge in [0.15, 0.2) is 0 Å². The van der Waals surface area contributed by atoms with Crippen molar-refractivity contribution in [3.63, 3.8) is 0 Å². The van der Waals surface area contributed by atoms with Crippen LogP contribution in [0.5, 0.6) is 0 Å². The van der Waals surface area contributed by atoms with Gasteiger partial charge < -0.3 is 14.8 Å². The van der Waals surface area contributed by atoms with Gasteiger partial charge in [0.25, 0.3) is 0 Å². The summed E-state index contributed by atoms with van der Waals surface area (Å²) < 4.78 is 9.48. The molecule has 5 nitrogen and oxygen atoms in total. The lowest BCUT2D eigenvalue weighted by Gasteiger charge is -2.06. The van der Waals surface area contributed by atoms with Crippen molar-refractivity contribution in [1.29, 1.82) is 0 Å². The summed E-state index contributed by atoms with van der Waals surface area (Å²) in [6, 6.07) is 0. The van der Waals surface area contributed by atoms with E-state index in [-0.39, 0.29) is 18.4 Å². The SMILES string of the molecule is CCOC(=O)C=C(C)NCCC(=O)OCC. The first-order valence-electron chi connectivity index (χ1n) is 5.34. The summed E-state index contributed by atoms with van der Waals surface area (Å²) in [5.74, 6) is -0.637. The second-order valence-electron chi connectivity index (χ2n) is 3.06. The zero-order valence-electron chi connectivity index (χ0n) is 10.0. The molecular formula is C11H19NO4. The standard InChI is InChI=1S/C11H19NO4/c1-4-15-10(13)6-7-12-9(3)8-11(14)16-5-2/h8,12H,4-7H2,1-3H3. The molecule has 0 aliphatic carbocycles. The third kappa shape index (κ3) is 7.84. The number of hydrogen-bond donors (Lipinski definition) is 1. The van der Waals surface area contributed by atoms with Crippen molar-refractivity contribution in [1.82, 2.24) is 5.32 Å². The first-order valence-corrected chi connectivity index (χ1v) is 5.34. The summed E-state index contributed by atoms with van der Waals surface area (Å²) in [7, 11) is 0. The number of allylic oxidation sites excluding steroid dienone is 1. The molecule has 0 fully saturated rings. The lowest BCUT2D eigenvalue weighted by molar-refractivity contribution is -0.143. The predicted molar refractivity (Wildman–Crippen MR) is 59.6 cm³/mol. The van der Waals surface area contributed by atoms with Crippen molar-refractivity contribution < 1.29 is 19.1 Å². The van der Waals surface area contributed by atoms with Crippen molar-refractivity contribution in [2.45, 2.75) is 27.2 Å². The molecule has 1 N–H and O–H groups in total. The van der Waals surface area contributed by atoms with Crippen molar-refractivity contribution in [3.05, 3.63) is 11.8 Å². The van der Waals surface area contributed by atoms with Crippen LogP contribution in [0.25, 0.3) is 0 Å². The Hall–Kier alpha value is -1.52. The largest absolute Gasteiger partial charge is 0.466 e. The number of carbonyl (C=O) groups is 2. The Morgan fingerprint density at radius 1 is 1.19 bits per heavy atom. The van der Waals surface area contributed by atoms with Crippen LogP contribution in [0.3, 0.4) is 0 Å². The van der Waals surface area contributed by atoms with Crippen LogP contribution in [-0.2, 0) is 19.1 Å². The van der Waals surface area contributed by atoms with Crippen LogP contribution in [0.1, 0.15) is 27.2 Å². The fraction of sp³-hybridized carbons (Fsp3) is 0.636. The van der Waals surface area contributed by atoms with Crippen LogP contribution in [0.15, 0.2) is 11.8 Å². The summed E-state index contributed by atoms with van der Waals surface area (Å²) >= 11 is 0. The van der Waals surface area contributed by atoms with Gasteiger partial charge in [-0.15, -0.1) is 0 Å². The lowest BCUT2D eigenvalue weighted by atomic mass is 10.4. The normalized spacial score (nSPS) is 10.8. The van der Waals surface area contributed by atoms with Gasteiger partial charge in [-0.2, -0.15) is 0 Å². The monoisotopic (exact) mass is 229 g/mol. The molecule has 0 unspecified atom stereocenters. The molecule has 0 aromatic heterocycles. The minimum absolute atomic E-state index is 0.251. The van der Waals surface area contributed by atoms with Gasteiger partial charge >= 0.3 is 11.9 Å². The smallest absolute Gasteiger partial charge is 0.332 e. The number of hydrogen-bond acceptors (Lipinski definition) is 5. The Kier molecular flexibility index (Phi) is 7.93. The van der Waals surface area contributed by atoms with Gasteiger partial charge in [0.2, 0.25) is 0 Å². The highest BCUT2D eigenvalue weighted by molar-refractivity contribution is 5.82. The van der Waals surface area contributed by atoms with E-state index in [0.717, 1.165) is 0 Å². The molecule has 0 amide bonds. The Balaban J connectivity index is 3.76. The zero-order valence-corrected chi connectivity index (χ0v) is 10.0. The van der Waals surface area contributed by atoms with Crippen LogP contribution < -0.4 is 5.32 Å². The van der Waals surface area contributed by atoms with Gasteiger partial charge in [-0.05, 0) is 20.8 Å². The van der Waals surface area contributed by atoms with Gasteiger partial charge in [0.1, 0.15) is 0 Å². The van der Waals surface area contributed by atoms with Crippen molar-refractivity contribution >= 4 is 11.9 Å². The van der Waals surface area contributed by atoms with Crippen LogP contribution in [0.4, 0.5) is 0 Å². The van der Waals surface area contributed by atoms with Gasteiger partial charge in [0, 0.05) is 18.3 Å². The summed E-state index contributed by atoms with van der Waals surface area (Å²) in [5, 5.41) is 2.92. The molecule has 0 radical (unpaired) electrons. The van der Waals surface area contributed by atoms with E-state index < -0.39 is 0 Å². The second-order valence-corrected chi connectivity index (χ2v) is 3.06. The van der Waals surface area contributed by atoms with E-state index in [0.29, 0.717) is 25.5 Å². The molecule has 0 spiro atoms. The van der Waals surface area contributed by atoms with E-state index in [2.05, 4.69) is 5.32 Å². The predicted octanol–water partition coefficient (Wildman–Crippen LogP) is 0.996. The van der Waals surface area contributed by atoms with Crippen LogP contribution in [0.2, 0.25) is 0 Å². The molecule has 5 heteroatoms. The first kappa shape index (κ1) is 14.5. The van der Waals surface area contributed by atoms with E-state index >= 15 is 0 Å². The van der Waals surface area contributed by atoms with E-state index in [4.69, 9.17) is 9.47 Å². The fourth-order valence-corrected chi connectivity index (χ4v) is 1.01. The molecule has 0 atom stereocenters. The minimum atomic E-state index is -0.386. The first-order chi connectivity index (χ1) is 7.60. The van der Waals surface area contributed by atoms with Gasteiger partial charge in [-0.25, -0.2) is 4.79 Å². The topological polar surface area (TPSA) is 64.6 Å². The van der Waals surface area contributed by atoms with Crippen molar-refractivity contribution in [2.75, 3.05) is 19.8 Å². The zero-order chi connectivity index (χ0) is 12.4. The maximum atomic E-state index is 11.0. The Morgan fingerprint density at radius 2 is 1.81 bits per heavy atom. The summed E-state index contributed by atoms with van der Waals surface area (Å²) in [6.07, 6.45) is 1.64. The molecule has 0 aromatic carbocycles. The fourth-order valence-electron chi connectivity index (χ4n) is 1.01. The molecule has 92 valence electrons. The Labute approximate surface area is 95.8 Å². The second kappa shape index (κ2) is 8.76. The van der Waals surface area contributed by atoms with Crippen molar-refractivity contribution in [3.8, 4) is 0 Å². The molecule has 0 aromatic rings. The number of esters is 2. The number of carbonyl (C=O) groups excluding carboxylic acids is 2. The molecular weight excluding hydrogens is 210 g/mol. The van der Waals surface area contributed by atoms with Crippen LogP contribution >= 0.6 is 0 Å². The van der Waals surface area contributed by atoms with Crippen LogP contribution in [-0.4, -0.2) is 31.7 Å². The summed E-state index contributed by atoms with van der Waals surface area (Å²) in [5.41, 5.74) is 0.669. The molecule has 0 aliphatic rings. The third-order valence-corrected chi connectivity index (χ3v) is 1.66. The third-order valence-electron chi connectivity index (χ3n) is 1.66. The Bertz CT molecular complexity index is 261. The van der Waals surface area contributed by atoms with Crippen molar-refractivity contribution in [2.24, 2.45) is 0 Å². The van der Waals surface area contributed by atoms with Gasteiger partial charge in [-0.1, -0.05) is 0 Å². The molecule has 0 rings (SSSR count). The van der Waals surface area contributed by atoms with E-state index in [1.165, 1.54) is 6.08 Å². The number of nitrogens with one attached hydrogen (secondary N) is 1. The highest BCUT2D eigenvalue weighted by atomic mass is 16.5. The van der Waals surface area contributed by atoms with E-state index in [1.807, 2.05) is 0 Å². The van der Waals surface area contributed by atoms with Gasteiger partial charge in [-0.3, -0.25) is 4.79 Å². The number of ether oxygens (including phenoxy) is 2. The lowest BCUT2D eigenvalue weighted by Crippen LogP contribution is -2.18. The van der Waals surface area contributed by atoms with E-state index in [1.54, 1.807) is 20.8 Å². The molecule has 0 saturated carbocycles. The molecule has 16 heavy (non-hydrogen) atoms. The Morgan fingerprint density at radius 3 is 2.38 bits per heavy atom. The summed E-state index contributed by atoms with van der Waals surface area (Å²) in [6.45, 7) is 6.43. The van der Waals surface area contributed by atoms with Gasteiger partial charge in [0.05, 0.1) is 19.6 Å². The maximum Gasteiger partial charge on any atom is 0.332 e. The average molecular weight is 229 g/mol. The maximum absolute atomic E-state index is 11.0. The molecule has 0 saturated heterocycles. The molecule has 0 bridgehead atoms. The summed E-state index contributed by atoms with van der Waals surface area (Å²) in [4.78, 5) is 22.0. The highest BCUT2D eigenvalue weighted by Crippen LogP contribution is 1.91. The molecule has 0 aliphatic heterocycles. The quantitative estimate of drug-likeness (QED) is 0.521. The molecule has 0 heterocycles.